The van der Waals surface area contributed by atoms with Crippen molar-refractivity contribution in [2.75, 3.05) is 13.2 Å². The molecule has 0 heterocycles. The molecule has 0 aliphatic heterocycles. The van der Waals surface area contributed by atoms with Crippen molar-refractivity contribution in [1.29, 1.82) is 0 Å². The number of hydrogen-bond donors (Lipinski definition) is 3. The van der Waals surface area contributed by atoms with Crippen molar-refractivity contribution < 1.29 is 12.9 Å². The van der Waals surface area contributed by atoms with Crippen LogP contribution in [-0.2, 0) is 15.5 Å². The van der Waals surface area contributed by atoms with Crippen molar-refractivity contribution >= 4 is 11.4 Å². The first kappa shape index (κ1) is 9.99. The van der Waals surface area contributed by atoms with E-state index in [1.54, 1.807) is 0 Å². The molecule has 5 N–H and O–H groups in total. The third-order valence-electron chi connectivity index (χ3n) is 0.976. The van der Waals surface area contributed by atoms with E-state index in [1.165, 1.54) is 0 Å². The third-order valence-corrected chi connectivity index (χ3v) is 1.34. The quantitative estimate of drug-likeness (QED) is 0.449. The van der Waals surface area contributed by atoms with Crippen molar-refractivity contribution in [3.05, 3.63) is 0 Å². The van der Waals surface area contributed by atoms with Gasteiger partial charge in [-0.1, -0.05) is 0 Å². The lowest BCUT2D eigenvalue weighted by Crippen LogP contribution is -2.30. The normalized spacial score (nSPS) is 16.7. The first-order valence-electron chi connectivity index (χ1n) is 2.86. The summed E-state index contributed by atoms with van der Waals surface area (Å²) in [7, 11) is 0. The summed E-state index contributed by atoms with van der Waals surface area (Å²) in [6.07, 6.45) is 0.503. The van der Waals surface area contributed by atoms with Gasteiger partial charge in [0, 0.05) is 12.6 Å². The molecule has 0 aromatic carbocycles. The molecule has 0 aromatic rings. The Bertz CT molecular complexity index is 111. The molecule has 0 spiro atoms. The van der Waals surface area contributed by atoms with Gasteiger partial charge in [0.1, 0.15) is 0 Å². The first-order chi connectivity index (χ1) is 4.66. The molecule has 0 aliphatic carbocycles. The Morgan fingerprint density at radius 2 is 2.30 bits per heavy atom. The van der Waals surface area contributed by atoms with Crippen LogP contribution in [0.3, 0.4) is 0 Å². The zero-order valence-corrected chi connectivity index (χ0v) is 6.34. The number of hydrogen-bond acceptors (Lipinski definition) is 4. The predicted molar refractivity (Wildman–Crippen MR) is 38.4 cm³/mol. The van der Waals surface area contributed by atoms with E-state index in [0.717, 1.165) is 0 Å². The fraction of sp³-hybridized carbons (Fsp3) is 1.00. The van der Waals surface area contributed by atoms with Gasteiger partial charge in [0.25, 0.3) is 0 Å². The van der Waals surface area contributed by atoms with Crippen LogP contribution in [0.1, 0.15) is 6.42 Å². The second-order valence-corrected chi connectivity index (χ2v) is 2.49. The maximum atomic E-state index is 9.89. The van der Waals surface area contributed by atoms with Gasteiger partial charge >= 0.3 is 11.4 Å². The highest BCUT2D eigenvalue weighted by atomic mass is 32.2. The molecule has 0 saturated carbocycles. The lowest BCUT2D eigenvalue weighted by Gasteiger charge is -2.05. The zero-order valence-electron chi connectivity index (χ0n) is 5.53. The van der Waals surface area contributed by atoms with Crippen LogP contribution in [0.15, 0.2) is 0 Å². The molecule has 0 fully saturated rings. The Labute approximate surface area is 62.2 Å². The lowest BCUT2D eigenvalue weighted by molar-refractivity contribution is 0.291. The fourth-order valence-electron chi connectivity index (χ4n) is 0.389. The maximum Gasteiger partial charge on any atom is 0.301 e. The van der Waals surface area contributed by atoms with Gasteiger partial charge < -0.3 is 11.5 Å². The van der Waals surface area contributed by atoms with Crippen LogP contribution in [0.2, 0.25) is 0 Å². The standard InChI is InChI=1S/C4H12N2O3S/c5-3-4(6)1-2-9-10(7)8/h4H,1-3,5-6H2,(H,7,8). The minimum absolute atomic E-state index is 0.149. The average Bonchev–Trinajstić information content (AvgIpc) is 1.87. The first-order valence-corrected chi connectivity index (χ1v) is 3.89. The fourth-order valence-corrected chi connectivity index (χ4v) is 0.627. The van der Waals surface area contributed by atoms with Crippen molar-refractivity contribution in [2.24, 2.45) is 11.5 Å². The molecule has 6 heteroatoms. The topological polar surface area (TPSA) is 98.6 Å². The maximum absolute atomic E-state index is 9.89. The minimum Gasteiger partial charge on any atom is -0.329 e. The van der Waals surface area contributed by atoms with Crippen LogP contribution < -0.4 is 11.5 Å². The van der Waals surface area contributed by atoms with E-state index in [0.29, 0.717) is 13.0 Å². The van der Waals surface area contributed by atoms with Crippen LogP contribution in [0, 0.1) is 0 Å². The van der Waals surface area contributed by atoms with E-state index in [-0.39, 0.29) is 12.6 Å². The van der Waals surface area contributed by atoms with Crippen molar-refractivity contribution in [3.8, 4) is 0 Å². The summed E-state index contributed by atoms with van der Waals surface area (Å²) in [5, 5.41) is 0. The van der Waals surface area contributed by atoms with Crippen LogP contribution >= 0.6 is 0 Å². The summed E-state index contributed by atoms with van der Waals surface area (Å²) >= 11 is -2.18. The summed E-state index contributed by atoms with van der Waals surface area (Å²) in [5.74, 6) is 0. The molecule has 0 saturated heterocycles. The Morgan fingerprint density at radius 1 is 1.70 bits per heavy atom. The zero-order chi connectivity index (χ0) is 7.98. The van der Waals surface area contributed by atoms with Gasteiger partial charge in [0.05, 0.1) is 6.61 Å². The molecular weight excluding hydrogens is 156 g/mol. The number of rotatable bonds is 5. The molecule has 2 unspecified atom stereocenters. The molecule has 0 bridgehead atoms. The summed E-state index contributed by atoms with van der Waals surface area (Å²) in [6, 6.07) is -0.149. The number of nitrogens with two attached hydrogens (primary N) is 2. The molecule has 5 nitrogen and oxygen atoms in total. The van der Waals surface area contributed by atoms with Crippen LogP contribution in [-0.4, -0.2) is 28.0 Å². The van der Waals surface area contributed by atoms with E-state index >= 15 is 0 Å². The van der Waals surface area contributed by atoms with Gasteiger partial charge in [-0.25, -0.2) is 0 Å². The largest absolute Gasteiger partial charge is 0.329 e. The Kier molecular flexibility index (Phi) is 5.74. The molecule has 0 aliphatic rings. The van der Waals surface area contributed by atoms with Gasteiger partial charge in [-0.2, -0.15) is 4.21 Å². The van der Waals surface area contributed by atoms with Crippen molar-refractivity contribution in [2.45, 2.75) is 12.5 Å². The van der Waals surface area contributed by atoms with Gasteiger partial charge in [-0.05, 0) is 6.42 Å². The molecule has 0 amide bonds. The summed E-state index contributed by atoms with van der Waals surface area (Å²) in [4.78, 5) is 0. The van der Waals surface area contributed by atoms with E-state index in [1.807, 2.05) is 0 Å². The highest BCUT2D eigenvalue weighted by Crippen LogP contribution is 1.88. The monoisotopic (exact) mass is 168 g/mol. The van der Waals surface area contributed by atoms with Crippen LogP contribution in [0.5, 0.6) is 0 Å². The summed E-state index contributed by atoms with van der Waals surface area (Å²) in [6.45, 7) is 0.531. The van der Waals surface area contributed by atoms with Crippen molar-refractivity contribution in [3.63, 3.8) is 0 Å². The van der Waals surface area contributed by atoms with Crippen molar-refractivity contribution in [1.82, 2.24) is 0 Å². The molecule has 10 heavy (non-hydrogen) atoms. The molecule has 0 aromatic heterocycles. The summed E-state index contributed by atoms with van der Waals surface area (Å²) in [5.41, 5.74) is 10.5. The lowest BCUT2D eigenvalue weighted by atomic mass is 10.2. The highest BCUT2D eigenvalue weighted by molar-refractivity contribution is 7.74. The molecule has 0 radical (unpaired) electrons. The van der Waals surface area contributed by atoms with Gasteiger partial charge in [-0.15, -0.1) is 0 Å². The Morgan fingerprint density at radius 3 is 2.70 bits per heavy atom. The highest BCUT2D eigenvalue weighted by Gasteiger charge is 1.99. The third kappa shape index (κ3) is 6.12. The molecular formula is C4H12N2O3S. The van der Waals surface area contributed by atoms with E-state index < -0.39 is 11.4 Å². The molecule has 0 rings (SSSR count). The average molecular weight is 168 g/mol. The van der Waals surface area contributed by atoms with Gasteiger partial charge in [0.15, 0.2) is 0 Å². The Balaban J connectivity index is 3.11. The van der Waals surface area contributed by atoms with E-state index in [4.69, 9.17) is 16.0 Å². The minimum atomic E-state index is -2.18. The van der Waals surface area contributed by atoms with E-state index in [9.17, 15) is 4.21 Å². The second-order valence-electron chi connectivity index (χ2n) is 1.82. The smallest absolute Gasteiger partial charge is 0.301 e. The Hall–Kier alpha value is -0.0100. The SMILES string of the molecule is NCC(N)CCOS(=O)O. The van der Waals surface area contributed by atoms with Crippen LogP contribution in [0.25, 0.3) is 0 Å². The molecule has 62 valence electrons. The summed E-state index contributed by atoms with van der Waals surface area (Å²) < 4.78 is 22.3. The predicted octanol–water partition coefficient (Wildman–Crippen LogP) is -1.18. The molecule has 2 atom stereocenters. The van der Waals surface area contributed by atoms with Crippen LogP contribution in [0.4, 0.5) is 0 Å². The van der Waals surface area contributed by atoms with Gasteiger partial charge in [-0.3, -0.25) is 8.74 Å². The van der Waals surface area contributed by atoms with E-state index in [2.05, 4.69) is 4.18 Å². The van der Waals surface area contributed by atoms with Gasteiger partial charge in [0.2, 0.25) is 0 Å². The second kappa shape index (κ2) is 5.75.